The number of oxazole rings is 1. The molecule has 21 heavy (non-hydrogen) atoms. The third-order valence-electron chi connectivity index (χ3n) is 2.86. The lowest BCUT2D eigenvalue weighted by molar-refractivity contribution is -0.137. The van der Waals surface area contributed by atoms with E-state index in [0.29, 0.717) is 29.5 Å². The van der Waals surface area contributed by atoms with Crippen LogP contribution in [-0.2, 0) is 17.8 Å². The minimum Gasteiger partial charge on any atom is -0.480 e. The molecule has 3 heterocycles. The van der Waals surface area contributed by atoms with Gasteiger partial charge in [0.25, 0.3) is 0 Å². The molecule has 8 heteroatoms. The number of aromatic nitrogens is 4. The number of hydrogen-bond acceptors (Lipinski definition) is 6. The van der Waals surface area contributed by atoms with E-state index in [2.05, 4.69) is 15.1 Å². The number of hydrogen-bond donors (Lipinski definition) is 1. The van der Waals surface area contributed by atoms with Gasteiger partial charge < -0.3 is 9.52 Å². The molecule has 108 valence electrons. The molecular weight excluding hydrogens is 292 g/mol. The summed E-state index contributed by atoms with van der Waals surface area (Å²) in [5.41, 5.74) is 0.650. The van der Waals surface area contributed by atoms with Crippen LogP contribution in [0.25, 0.3) is 11.6 Å². The SMILES string of the molecule is Cc1ncoc1-c1nc(Cc2cccs2)nn1CC(=O)O. The Morgan fingerprint density at radius 3 is 3.00 bits per heavy atom. The molecule has 0 radical (unpaired) electrons. The topological polar surface area (TPSA) is 94.0 Å². The molecule has 0 spiro atoms. The summed E-state index contributed by atoms with van der Waals surface area (Å²) >= 11 is 1.61. The average molecular weight is 304 g/mol. The number of aliphatic carboxylic acids is 1. The number of thiophene rings is 1. The lowest BCUT2D eigenvalue weighted by atomic mass is 10.3. The van der Waals surface area contributed by atoms with Crippen LogP contribution in [-0.4, -0.2) is 30.8 Å². The second-order valence-electron chi connectivity index (χ2n) is 4.43. The van der Waals surface area contributed by atoms with Crippen LogP contribution < -0.4 is 0 Å². The lowest BCUT2D eigenvalue weighted by Gasteiger charge is -1.99. The van der Waals surface area contributed by atoms with Crippen LogP contribution >= 0.6 is 11.3 Å². The van der Waals surface area contributed by atoms with E-state index in [1.807, 2.05) is 17.5 Å². The maximum atomic E-state index is 11.0. The van der Waals surface area contributed by atoms with Gasteiger partial charge in [-0.2, -0.15) is 5.10 Å². The van der Waals surface area contributed by atoms with Crippen molar-refractivity contribution in [2.45, 2.75) is 19.9 Å². The summed E-state index contributed by atoms with van der Waals surface area (Å²) in [5.74, 6) is 0.408. The zero-order valence-electron chi connectivity index (χ0n) is 11.2. The molecule has 3 aromatic rings. The summed E-state index contributed by atoms with van der Waals surface area (Å²) in [6.07, 6.45) is 1.87. The van der Waals surface area contributed by atoms with Gasteiger partial charge in [0.2, 0.25) is 0 Å². The first kappa shape index (κ1) is 13.5. The second kappa shape index (κ2) is 5.49. The van der Waals surface area contributed by atoms with Crippen LogP contribution in [0.1, 0.15) is 16.4 Å². The normalized spacial score (nSPS) is 10.9. The Hall–Kier alpha value is -2.48. The number of rotatable bonds is 5. The van der Waals surface area contributed by atoms with Gasteiger partial charge in [-0.05, 0) is 18.4 Å². The molecule has 0 aliphatic carbocycles. The fourth-order valence-corrected chi connectivity index (χ4v) is 2.66. The van der Waals surface area contributed by atoms with E-state index in [1.54, 1.807) is 18.3 Å². The molecule has 0 aliphatic rings. The highest BCUT2D eigenvalue weighted by atomic mass is 32.1. The molecule has 0 bridgehead atoms. The number of carboxylic acids is 1. The van der Waals surface area contributed by atoms with E-state index < -0.39 is 5.97 Å². The van der Waals surface area contributed by atoms with E-state index in [9.17, 15) is 4.79 Å². The Kier molecular flexibility index (Phi) is 3.53. The van der Waals surface area contributed by atoms with E-state index in [-0.39, 0.29) is 6.54 Å². The van der Waals surface area contributed by atoms with Crippen molar-refractivity contribution >= 4 is 17.3 Å². The van der Waals surface area contributed by atoms with Crippen molar-refractivity contribution in [1.82, 2.24) is 19.7 Å². The Labute approximate surface area is 123 Å². The number of aryl methyl sites for hydroxylation is 1. The first-order valence-corrected chi connectivity index (χ1v) is 7.10. The maximum Gasteiger partial charge on any atom is 0.325 e. The largest absolute Gasteiger partial charge is 0.480 e. The van der Waals surface area contributed by atoms with E-state index in [1.165, 1.54) is 11.1 Å². The Morgan fingerprint density at radius 2 is 2.38 bits per heavy atom. The van der Waals surface area contributed by atoms with Crippen LogP contribution in [0.3, 0.4) is 0 Å². The van der Waals surface area contributed by atoms with Gasteiger partial charge >= 0.3 is 5.97 Å². The van der Waals surface area contributed by atoms with Crippen molar-refractivity contribution in [1.29, 1.82) is 0 Å². The summed E-state index contributed by atoms with van der Waals surface area (Å²) in [7, 11) is 0. The first-order valence-electron chi connectivity index (χ1n) is 6.22. The van der Waals surface area contributed by atoms with Crippen LogP contribution in [0.5, 0.6) is 0 Å². The third kappa shape index (κ3) is 2.84. The van der Waals surface area contributed by atoms with Gasteiger partial charge in [0.15, 0.2) is 23.8 Å². The molecule has 0 amide bonds. The summed E-state index contributed by atoms with van der Waals surface area (Å²) < 4.78 is 6.63. The summed E-state index contributed by atoms with van der Waals surface area (Å²) in [5, 5.41) is 15.2. The smallest absolute Gasteiger partial charge is 0.325 e. The molecule has 0 saturated heterocycles. The molecule has 0 aromatic carbocycles. The molecule has 0 unspecified atom stereocenters. The molecule has 0 atom stereocenters. The second-order valence-corrected chi connectivity index (χ2v) is 5.46. The van der Waals surface area contributed by atoms with Gasteiger partial charge in [-0.15, -0.1) is 11.3 Å². The maximum absolute atomic E-state index is 11.0. The number of carbonyl (C=O) groups is 1. The third-order valence-corrected chi connectivity index (χ3v) is 3.74. The Morgan fingerprint density at radius 1 is 1.52 bits per heavy atom. The molecule has 0 aliphatic heterocycles. The first-order chi connectivity index (χ1) is 10.1. The van der Waals surface area contributed by atoms with Crippen molar-refractivity contribution in [3.8, 4) is 11.6 Å². The Balaban J connectivity index is 1.99. The monoisotopic (exact) mass is 304 g/mol. The van der Waals surface area contributed by atoms with E-state index in [0.717, 1.165) is 4.88 Å². The van der Waals surface area contributed by atoms with Crippen molar-refractivity contribution in [3.05, 3.63) is 40.3 Å². The van der Waals surface area contributed by atoms with Gasteiger partial charge in [0, 0.05) is 11.3 Å². The van der Waals surface area contributed by atoms with Crippen LogP contribution in [0, 0.1) is 6.92 Å². The molecule has 1 N–H and O–H groups in total. The van der Waals surface area contributed by atoms with Gasteiger partial charge in [0.05, 0.1) is 5.69 Å². The van der Waals surface area contributed by atoms with Crippen molar-refractivity contribution in [3.63, 3.8) is 0 Å². The zero-order valence-corrected chi connectivity index (χ0v) is 12.0. The Bertz CT molecular complexity index is 760. The molecular formula is C13H12N4O3S. The fraction of sp³-hybridized carbons (Fsp3) is 0.231. The quantitative estimate of drug-likeness (QED) is 0.774. The summed E-state index contributed by atoms with van der Waals surface area (Å²) in [6.45, 7) is 1.50. The van der Waals surface area contributed by atoms with E-state index >= 15 is 0 Å². The minimum atomic E-state index is -0.985. The average Bonchev–Trinajstić information content (AvgIpc) is 3.11. The van der Waals surface area contributed by atoms with Crippen LogP contribution in [0.15, 0.2) is 28.3 Å². The molecule has 3 rings (SSSR count). The van der Waals surface area contributed by atoms with Crippen LogP contribution in [0.4, 0.5) is 0 Å². The lowest BCUT2D eigenvalue weighted by Crippen LogP contribution is -2.11. The number of nitrogens with zero attached hydrogens (tertiary/aromatic N) is 4. The highest BCUT2D eigenvalue weighted by Crippen LogP contribution is 2.22. The molecule has 0 fully saturated rings. The van der Waals surface area contributed by atoms with Gasteiger partial charge in [-0.25, -0.2) is 14.6 Å². The number of carboxylic acid groups (broad SMARTS) is 1. The van der Waals surface area contributed by atoms with Gasteiger partial charge in [0.1, 0.15) is 6.54 Å². The fourth-order valence-electron chi connectivity index (χ4n) is 1.96. The van der Waals surface area contributed by atoms with Crippen molar-refractivity contribution in [2.75, 3.05) is 0 Å². The van der Waals surface area contributed by atoms with E-state index in [4.69, 9.17) is 9.52 Å². The van der Waals surface area contributed by atoms with Crippen molar-refractivity contribution in [2.24, 2.45) is 0 Å². The molecule has 0 saturated carbocycles. The van der Waals surface area contributed by atoms with Gasteiger partial charge in [-0.3, -0.25) is 4.79 Å². The zero-order chi connectivity index (χ0) is 14.8. The standard InChI is InChI=1S/C13H12N4O3S/c1-8-12(20-7-14-8)13-15-10(5-9-3-2-4-21-9)16-17(13)6-11(18)19/h2-4,7H,5-6H2,1H3,(H,18,19). The molecule has 7 nitrogen and oxygen atoms in total. The highest BCUT2D eigenvalue weighted by Gasteiger charge is 2.19. The highest BCUT2D eigenvalue weighted by molar-refractivity contribution is 7.09. The minimum absolute atomic E-state index is 0.271. The predicted molar refractivity (Wildman–Crippen MR) is 75.0 cm³/mol. The van der Waals surface area contributed by atoms with Crippen LogP contribution in [0.2, 0.25) is 0 Å². The predicted octanol–water partition coefficient (Wildman–Crippen LogP) is 1.98. The summed E-state index contributed by atoms with van der Waals surface area (Å²) in [6, 6.07) is 3.94. The van der Waals surface area contributed by atoms with Crippen molar-refractivity contribution < 1.29 is 14.3 Å². The molecule has 3 aromatic heterocycles. The van der Waals surface area contributed by atoms with Gasteiger partial charge in [-0.1, -0.05) is 6.07 Å². The summed E-state index contributed by atoms with van der Waals surface area (Å²) in [4.78, 5) is 20.5.